The van der Waals surface area contributed by atoms with E-state index in [1.54, 1.807) is 0 Å². The van der Waals surface area contributed by atoms with Crippen LogP contribution in [0.15, 0.2) is 206 Å². The van der Waals surface area contributed by atoms with Gasteiger partial charge in [-0.2, -0.15) is 0 Å². The van der Waals surface area contributed by atoms with Crippen LogP contribution < -0.4 is 0 Å². The lowest BCUT2D eigenvalue weighted by Crippen LogP contribution is -1.98. The highest BCUT2D eigenvalue weighted by Gasteiger charge is 2.22. The molecule has 0 aliphatic rings. The summed E-state index contributed by atoms with van der Waals surface area (Å²) in [5, 5.41) is 10.7. The summed E-state index contributed by atoms with van der Waals surface area (Å²) in [5.74, 6) is 0. The first-order valence-corrected chi connectivity index (χ1v) is 20.5. The zero-order chi connectivity index (χ0) is 39.3. The molecule has 4 aromatic heterocycles. The Bertz CT molecular complexity index is 3880. The highest BCUT2D eigenvalue weighted by Crippen LogP contribution is 2.44. The summed E-state index contributed by atoms with van der Waals surface area (Å²) in [7, 11) is 0. The van der Waals surface area contributed by atoms with Crippen LogP contribution in [0.3, 0.4) is 0 Å². The monoisotopic (exact) mass is 762 g/mol. The van der Waals surface area contributed by atoms with Crippen LogP contribution in [0.4, 0.5) is 0 Å². The van der Waals surface area contributed by atoms with E-state index in [-0.39, 0.29) is 0 Å². The minimum absolute atomic E-state index is 0.925. The molecule has 0 bridgehead atoms. The molecule has 0 amide bonds. The van der Waals surface area contributed by atoms with E-state index in [0.29, 0.717) is 0 Å². The molecule has 4 nitrogen and oxygen atoms in total. The standard InChI is InChI=1S/C56H34N4/c1-2-14-37(15-3-1)59-50-22-10-7-18-42(50)45-32-33-46-43-19-8-11-23-51(43)60(56(46)55(45)59)38-27-24-35(25-28-38)39-30-31-44(41-17-5-4-16-40(39)41)52-47-20-6-9-21-49(47)58-54-48(52)29-26-36-13-12-34-57-53(36)54/h1-34H. The van der Waals surface area contributed by atoms with Crippen LogP contribution in [0, 0.1) is 0 Å². The molecule has 9 aromatic carbocycles. The molecule has 0 saturated carbocycles. The third kappa shape index (κ3) is 4.67. The van der Waals surface area contributed by atoms with Crippen molar-refractivity contribution in [2.24, 2.45) is 0 Å². The fourth-order valence-corrected chi connectivity index (χ4v) is 9.96. The number of nitrogens with zero attached hydrogens (tertiary/aromatic N) is 4. The van der Waals surface area contributed by atoms with Gasteiger partial charge in [0.1, 0.15) is 0 Å². The average molecular weight is 763 g/mol. The molecule has 278 valence electrons. The fraction of sp³-hybridized carbons (Fsp3) is 0. The topological polar surface area (TPSA) is 35.6 Å². The van der Waals surface area contributed by atoms with Crippen molar-refractivity contribution in [2.75, 3.05) is 0 Å². The smallest absolute Gasteiger partial charge is 0.0978 e. The SMILES string of the molecule is c1ccc(-n2c3ccccc3c3ccc4c5ccccc5n(-c5ccc(-c6ccc(-c7c8ccccc8nc8c7ccc7cccnc78)c7ccccc67)cc5)c4c32)cc1. The summed E-state index contributed by atoms with van der Waals surface area (Å²) in [6, 6.07) is 72.6. The molecule has 0 fully saturated rings. The van der Waals surface area contributed by atoms with E-state index in [1.807, 2.05) is 12.3 Å². The van der Waals surface area contributed by atoms with E-state index < -0.39 is 0 Å². The number of rotatable bonds is 4. The van der Waals surface area contributed by atoms with Crippen LogP contribution in [0.2, 0.25) is 0 Å². The van der Waals surface area contributed by atoms with Crippen molar-refractivity contribution < 1.29 is 0 Å². The van der Waals surface area contributed by atoms with E-state index in [2.05, 4.69) is 203 Å². The molecule has 60 heavy (non-hydrogen) atoms. The summed E-state index contributed by atoms with van der Waals surface area (Å²) in [6.07, 6.45) is 1.86. The first-order valence-electron chi connectivity index (χ1n) is 20.5. The maximum absolute atomic E-state index is 5.19. The second kappa shape index (κ2) is 12.7. The van der Waals surface area contributed by atoms with Gasteiger partial charge in [-0.15, -0.1) is 0 Å². The minimum atomic E-state index is 0.925. The van der Waals surface area contributed by atoms with Gasteiger partial charge in [0, 0.05) is 60.8 Å². The van der Waals surface area contributed by atoms with Crippen molar-refractivity contribution in [3.8, 4) is 33.6 Å². The van der Waals surface area contributed by atoms with Gasteiger partial charge in [-0.1, -0.05) is 152 Å². The molecule has 0 N–H and O–H groups in total. The lowest BCUT2D eigenvalue weighted by molar-refractivity contribution is 1.15. The molecule has 0 aliphatic carbocycles. The van der Waals surface area contributed by atoms with Gasteiger partial charge < -0.3 is 9.13 Å². The Morgan fingerprint density at radius 1 is 0.333 bits per heavy atom. The Morgan fingerprint density at radius 2 is 0.883 bits per heavy atom. The van der Waals surface area contributed by atoms with Gasteiger partial charge in [0.2, 0.25) is 0 Å². The molecule has 13 aromatic rings. The molecule has 0 aliphatic heterocycles. The second-order valence-corrected chi connectivity index (χ2v) is 15.7. The highest BCUT2D eigenvalue weighted by molar-refractivity contribution is 6.24. The molecule has 0 atom stereocenters. The number of benzene rings is 9. The maximum atomic E-state index is 5.19. The lowest BCUT2D eigenvalue weighted by atomic mass is 9.88. The van der Waals surface area contributed by atoms with Crippen LogP contribution in [0.25, 0.3) is 121 Å². The number of aromatic nitrogens is 4. The summed E-state index contributed by atoms with van der Waals surface area (Å²) >= 11 is 0. The van der Waals surface area contributed by atoms with Gasteiger partial charge in [-0.05, 0) is 76.0 Å². The van der Waals surface area contributed by atoms with Crippen molar-refractivity contribution >= 4 is 87.1 Å². The first-order chi connectivity index (χ1) is 29.8. The molecule has 0 radical (unpaired) electrons. The summed E-state index contributed by atoms with van der Waals surface area (Å²) in [6.45, 7) is 0. The number of hydrogen-bond acceptors (Lipinski definition) is 2. The molecular formula is C56H34N4. The Kier molecular flexibility index (Phi) is 6.98. The molecule has 0 saturated heterocycles. The normalized spacial score (nSPS) is 12.0. The molecule has 13 rings (SSSR count). The van der Waals surface area contributed by atoms with E-state index >= 15 is 0 Å². The van der Waals surface area contributed by atoms with Crippen LogP contribution in [0.1, 0.15) is 0 Å². The van der Waals surface area contributed by atoms with E-state index in [9.17, 15) is 0 Å². The van der Waals surface area contributed by atoms with Gasteiger partial charge in [-0.3, -0.25) is 4.98 Å². The Balaban J connectivity index is 1.02. The third-order valence-corrected chi connectivity index (χ3v) is 12.5. The average Bonchev–Trinajstić information content (AvgIpc) is 3.84. The van der Waals surface area contributed by atoms with E-state index in [0.717, 1.165) is 44.1 Å². The molecule has 0 spiro atoms. The lowest BCUT2D eigenvalue weighted by Gasteiger charge is -2.17. The fourth-order valence-electron chi connectivity index (χ4n) is 9.96. The maximum Gasteiger partial charge on any atom is 0.0978 e. The van der Waals surface area contributed by atoms with Gasteiger partial charge in [-0.25, -0.2) is 4.98 Å². The minimum Gasteiger partial charge on any atom is -0.307 e. The van der Waals surface area contributed by atoms with Crippen molar-refractivity contribution in [3.05, 3.63) is 206 Å². The van der Waals surface area contributed by atoms with E-state index in [1.165, 1.54) is 76.6 Å². The zero-order valence-electron chi connectivity index (χ0n) is 32.4. The highest BCUT2D eigenvalue weighted by atomic mass is 15.0. The van der Waals surface area contributed by atoms with Crippen molar-refractivity contribution in [1.29, 1.82) is 0 Å². The third-order valence-electron chi connectivity index (χ3n) is 12.5. The number of hydrogen-bond donors (Lipinski definition) is 0. The van der Waals surface area contributed by atoms with Gasteiger partial charge >= 0.3 is 0 Å². The summed E-state index contributed by atoms with van der Waals surface area (Å²) < 4.78 is 4.91. The van der Waals surface area contributed by atoms with Gasteiger partial charge in [0.25, 0.3) is 0 Å². The number of para-hydroxylation sites is 4. The number of fused-ring (bicyclic) bond motifs is 12. The second-order valence-electron chi connectivity index (χ2n) is 15.7. The Hall–Kier alpha value is -8.08. The van der Waals surface area contributed by atoms with Gasteiger partial charge in [0.05, 0.1) is 38.6 Å². The molecular weight excluding hydrogens is 729 g/mol. The van der Waals surface area contributed by atoms with Crippen molar-refractivity contribution in [2.45, 2.75) is 0 Å². The zero-order valence-corrected chi connectivity index (χ0v) is 32.4. The van der Waals surface area contributed by atoms with Gasteiger partial charge in [0.15, 0.2) is 0 Å². The van der Waals surface area contributed by atoms with Crippen molar-refractivity contribution in [1.82, 2.24) is 19.1 Å². The van der Waals surface area contributed by atoms with Crippen LogP contribution >= 0.6 is 0 Å². The summed E-state index contributed by atoms with van der Waals surface area (Å²) in [5.41, 5.74) is 14.6. The predicted octanol–water partition coefficient (Wildman–Crippen LogP) is 14.6. The Labute approximate surface area is 344 Å². The molecule has 0 unspecified atom stereocenters. The quantitative estimate of drug-likeness (QED) is 0.132. The molecule has 4 heterocycles. The predicted molar refractivity (Wildman–Crippen MR) is 252 cm³/mol. The largest absolute Gasteiger partial charge is 0.307 e. The molecule has 4 heteroatoms. The Morgan fingerprint density at radius 3 is 1.58 bits per heavy atom. The van der Waals surface area contributed by atoms with Crippen molar-refractivity contribution in [3.63, 3.8) is 0 Å². The first kappa shape index (κ1) is 32.9. The van der Waals surface area contributed by atoms with E-state index in [4.69, 9.17) is 9.97 Å². The summed E-state index contributed by atoms with van der Waals surface area (Å²) in [4.78, 5) is 9.99. The number of pyridine rings is 2. The van der Waals surface area contributed by atoms with Crippen LogP contribution in [-0.4, -0.2) is 19.1 Å². The van der Waals surface area contributed by atoms with Crippen LogP contribution in [-0.2, 0) is 0 Å². The van der Waals surface area contributed by atoms with Crippen LogP contribution in [0.5, 0.6) is 0 Å².